The quantitative estimate of drug-likeness (QED) is 0.441. The Balaban J connectivity index is 2.85. The van der Waals surface area contributed by atoms with Crippen molar-refractivity contribution in [1.29, 1.82) is 0 Å². The Labute approximate surface area is 112 Å². The van der Waals surface area contributed by atoms with E-state index in [-0.39, 0.29) is 5.56 Å². The summed E-state index contributed by atoms with van der Waals surface area (Å²) in [4.78, 5) is 12.1. The van der Waals surface area contributed by atoms with Gasteiger partial charge in [-0.1, -0.05) is 19.1 Å². The fourth-order valence-corrected chi connectivity index (χ4v) is 2.35. The third-order valence-electron chi connectivity index (χ3n) is 2.31. The molecule has 1 aromatic rings. The van der Waals surface area contributed by atoms with Crippen LogP contribution in [0.2, 0.25) is 0 Å². The van der Waals surface area contributed by atoms with E-state index in [1.807, 2.05) is 25.1 Å². The number of carbonyl (C=O) groups is 1. The van der Waals surface area contributed by atoms with E-state index in [1.165, 1.54) is 11.8 Å². The minimum absolute atomic E-state index is 0.267. The van der Waals surface area contributed by atoms with Crippen LogP contribution >= 0.6 is 11.8 Å². The maximum absolute atomic E-state index is 11.3. The lowest BCUT2D eigenvalue weighted by Crippen LogP contribution is -2.06. The van der Waals surface area contributed by atoms with Crippen LogP contribution in [0.5, 0.6) is 5.75 Å². The van der Waals surface area contributed by atoms with Gasteiger partial charge in [-0.15, -0.1) is 18.3 Å². The molecule has 0 radical (unpaired) electrons. The lowest BCUT2D eigenvalue weighted by Gasteiger charge is -2.11. The summed E-state index contributed by atoms with van der Waals surface area (Å²) in [5, 5.41) is 9.27. The molecule has 0 heterocycles. The standard InChI is InChI=1S/C14H18O3S/c1-3-5-6-10-17-11-8-7-9-12(18-4-2)13(11)14(15)16/h3,7-9H,1,4-6,10H2,2H3,(H,15,16). The Kier molecular flexibility index (Phi) is 6.36. The molecule has 0 saturated heterocycles. The van der Waals surface area contributed by atoms with E-state index in [0.717, 1.165) is 23.5 Å². The number of carboxylic acids is 1. The van der Waals surface area contributed by atoms with Crippen molar-refractivity contribution in [2.45, 2.75) is 24.7 Å². The maximum atomic E-state index is 11.3. The van der Waals surface area contributed by atoms with Crippen LogP contribution in [0.25, 0.3) is 0 Å². The molecule has 0 bridgehead atoms. The normalized spacial score (nSPS) is 10.1. The van der Waals surface area contributed by atoms with Crippen molar-refractivity contribution < 1.29 is 14.6 Å². The lowest BCUT2D eigenvalue weighted by molar-refractivity contribution is 0.0688. The van der Waals surface area contributed by atoms with Crippen LogP contribution in [-0.4, -0.2) is 23.4 Å². The summed E-state index contributed by atoms with van der Waals surface area (Å²) in [6.07, 6.45) is 3.53. The smallest absolute Gasteiger partial charge is 0.340 e. The highest BCUT2D eigenvalue weighted by Gasteiger charge is 2.16. The number of thioether (sulfide) groups is 1. The molecule has 1 N–H and O–H groups in total. The predicted molar refractivity (Wildman–Crippen MR) is 74.7 cm³/mol. The molecule has 0 aliphatic heterocycles. The topological polar surface area (TPSA) is 46.5 Å². The van der Waals surface area contributed by atoms with Crippen molar-refractivity contribution in [3.63, 3.8) is 0 Å². The Morgan fingerprint density at radius 1 is 1.56 bits per heavy atom. The first-order valence-corrected chi connectivity index (χ1v) is 6.92. The van der Waals surface area contributed by atoms with Gasteiger partial charge in [0.25, 0.3) is 0 Å². The van der Waals surface area contributed by atoms with E-state index in [2.05, 4.69) is 6.58 Å². The molecule has 98 valence electrons. The molecule has 0 spiro atoms. The second-order valence-corrected chi connectivity index (χ2v) is 4.95. The zero-order chi connectivity index (χ0) is 13.4. The van der Waals surface area contributed by atoms with Crippen LogP contribution in [0.3, 0.4) is 0 Å². The number of hydrogen-bond acceptors (Lipinski definition) is 3. The first kappa shape index (κ1) is 14.6. The minimum Gasteiger partial charge on any atom is -0.493 e. The number of carboxylic acid groups (broad SMARTS) is 1. The lowest BCUT2D eigenvalue weighted by atomic mass is 10.2. The summed E-state index contributed by atoms with van der Waals surface area (Å²) in [5.41, 5.74) is 0.267. The van der Waals surface area contributed by atoms with Crippen molar-refractivity contribution in [3.05, 3.63) is 36.4 Å². The van der Waals surface area contributed by atoms with E-state index in [1.54, 1.807) is 6.07 Å². The highest BCUT2D eigenvalue weighted by atomic mass is 32.2. The summed E-state index contributed by atoms with van der Waals surface area (Å²) in [6, 6.07) is 5.35. The molecule has 0 atom stereocenters. The van der Waals surface area contributed by atoms with Crippen LogP contribution in [0.4, 0.5) is 0 Å². The third kappa shape index (κ3) is 4.11. The summed E-state index contributed by atoms with van der Waals surface area (Å²) in [7, 11) is 0. The SMILES string of the molecule is C=CCCCOc1cccc(SCC)c1C(=O)O. The van der Waals surface area contributed by atoms with Gasteiger partial charge in [0.2, 0.25) is 0 Å². The van der Waals surface area contributed by atoms with E-state index >= 15 is 0 Å². The highest BCUT2D eigenvalue weighted by Crippen LogP contribution is 2.30. The average molecular weight is 266 g/mol. The highest BCUT2D eigenvalue weighted by molar-refractivity contribution is 7.99. The van der Waals surface area contributed by atoms with Crippen molar-refractivity contribution >= 4 is 17.7 Å². The molecule has 0 aliphatic rings. The van der Waals surface area contributed by atoms with Gasteiger partial charge in [0.05, 0.1) is 6.61 Å². The van der Waals surface area contributed by atoms with Crippen molar-refractivity contribution in [1.82, 2.24) is 0 Å². The van der Waals surface area contributed by atoms with Gasteiger partial charge in [0.15, 0.2) is 0 Å². The summed E-state index contributed by atoms with van der Waals surface area (Å²) >= 11 is 1.51. The van der Waals surface area contributed by atoms with Crippen LogP contribution in [-0.2, 0) is 0 Å². The molecule has 0 saturated carbocycles. The Morgan fingerprint density at radius 2 is 2.33 bits per heavy atom. The van der Waals surface area contributed by atoms with E-state index in [9.17, 15) is 9.90 Å². The zero-order valence-corrected chi connectivity index (χ0v) is 11.3. The maximum Gasteiger partial charge on any atom is 0.340 e. The van der Waals surface area contributed by atoms with Crippen molar-refractivity contribution in [2.75, 3.05) is 12.4 Å². The van der Waals surface area contributed by atoms with Crippen molar-refractivity contribution in [2.24, 2.45) is 0 Å². The molecular weight excluding hydrogens is 248 g/mol. The van der Waals surface area contributed by atoms with Crippen LogP contribution in [0.1, 0.15) is 30.1 Å². The fourth-order valence-electron chi connectivity index (χ4n) is 1.53. The first-order valence-electron chi connectivity index (χ1n) is 5.93. The van der Waals surface area contributed by atoms with E-state index in [4.69, 9.17) is 4.74 Å². The molecule has 0 aliphatic carbocycles. The number of allylic oxidation sites excluding steroid dienone is 1. The molecule has 0 amide bonds. The van der Waals surface area contributed by atoms with Gasteiger partial charge < -0.3 is 9.84 Å². The van der Waals surface area contributed by atoms with Gasteiger partial charge in [-0.25, -0.2) is 4.79 Å². The molecule has 0 fully saturated rings. The molecule has 18 heavy (non-hydrogen) atoms. The first-order chi connectivity index (χ1) is 8.70. The third-order valence-corrected chi connectivity index (χ3v) is 3.25. The van der Waals surface area contributed by atoms with Gasteiger partial charge in [-0.2, -0.15) is 0 Å². The predicted octanol–water partition coefficient (Wildman–Crippen LogP) is 3.84. The van der Waals surface area contributed by atoms with Gasteiger partial charge in [-0.05, 0) is 30.7 Å². The monoisotopic (exact) mass is 266 g/mol. The molecule has 1 rings (SSSR count). The van der Waals surface area contributed by atoms with E-state index < -0.39 is 5.97 Å². The van der Waals surface area contributed by atoms with Gasteiger partial charge in [0.1, 0.15) is 11.3 Å². The molecular formula is C14H18O3S. The number of unbranched alkanes of at least 4 members (excludes halogenated alkanes) is 1. The molecule has 0 aromatic heterocycles. The molecule has 1 aromatic carbocycles. The molecule has 0 unspecified atom stereocenters. The number of aromatic carboxylic acids is 1. The largest absolute Gasteiger partial charge is 0.493 e. The van der Waals surface area contributed by atoms with Gasteiger partial charge >= 0.3 is 5.97 Å². The average Bonchev–Trinajstić information content (AvgIpc) is 2.35. The van der Waals surface area contributed by atoms with Crippen LogP contribution < -0.4 is 4.74 Å². The number of rotatable bonds is 8. The number of hydrogen-bond donors (Lipinski definition) is 1. The second-order valence-electron chi connectivity index (χ2n) is 3.65. The Hall–Kier alpha value is -1.42. The minimum atomic E-state index is -0.940. The fraction of sp³-hybridized carbons (Fsp3) is 0.357. The molecule has 4 heteroatoms. The summed E-state index contributed by atoms with van der Waals surface area (Å²) < 4.78 is 5.55. The van der Waals surface area contributed by atoms with Crippen LogP contribution in [0.15, 0.2) is 35.7 Å². The van der Waals surface area contributed by atoms with Gasteiger partial charge in [0, 0.05) is 4.90 Å². The van der Waals surface area contributed by atoms with E-state index in [0.29, 0.717) is 12.4 Å². The Morgan fingerprint density at radius 3 is 2.94 bits per heavy atom. The van der Waals surface area contributed by atoms with Crippen LogP contribution in [0, 0.1) is 0 Å². The number of ether oxygens (including phenoxy) is 1. The summed E-state index contributed by atoms with van der Waals surface area (Å²) in [5.74, 6) is 0.343. The molecule has 3 nitrogen and oxygen atoms in total. The number of benzene rings is 1. The Bertz CT molecular complexity index is 416. The zero-order valence-electron chi connectivity index (χ0n) is 10.5. The van der Waals surface area contributed by atoms with Crippen molar-refractivity contribution in [3.8, 4) is 5.75 Å². The van der Waals surface area contributed by atoms with Gasteiger partial charge in [-0.3, -0.25) is 0 Å². The summed E-state index contributed by atoms with van der Waals surface area (Å²) in [6.45, 7) is 6.14. The second kappa shape index (κ2) is 7.82.